The van der Waals surface area contributed by atoms with Gasteiger partial charge in [-0.05, 0) is 50.6 Å². The fraction of sp³-hybridized carbons (Fsp3) is 0.464. The maximum atomic E-state index is 13.5. The van der Waals surface area contributed by atoms with E-state index in [1.807, 2.05) is 64.0 Å². The lowest BCUT2D eigenvalue weighted by molar-refractivity contribution is -0.119. The minimum absolute atomic E-state index is 0. The molecule has 0 saturated heterocycles. The number of fused-ring (bicyclic) bond motifs is 1. The van der Waals surface area contributed by atoms with E-state index in [1.165, 1.54) is 0 Å². The zero-order valence-electron chi connectivity index (χ0n) is 23.5. The third-order valence-electron chi connectivity index (χ3n) is 6.72. The summed E-state index contributed by atoms with van der Waals surface area (Å²) in [6, 6.07) is 7.35. The van der Waals surface area contributed by atoms with Gasteiger partial charge in [-0.1, -0.05) is 0 Å². The average Bonchev–Trinajstić information content (AvgIpc) is 3.16. The van der Waals surface area contributed by atoms with E-state index in [1.54, 1.807) is 26.2 Å². The third-order valence-corrected chi connectivity index (χ3v) is 6.72. The van der Waals surface area contributed by atoms with Crippen molar-refractivity contribution in [2.75, 3.05) is 53.4 Å². The van der Waals surface area contributed by atoms with Crippen molar-refractivity contribution in [2.24, 2.45) is 0 Å². The molecular formula is C28H39BrN4O5. The van der Waals surface area contributed by atoms with Crippen molar-refractivity contribution in [2.45, 2.75) is 39.3 Å². The number of hydrogen-bond acceptors (Lipinski definition) is 7. The van der Waals surface area contributed by atoms with E-state index in [-0.39, 0.29) is 47.5 Å². The van der Waals surface area contributed by atoms with Crippen LogP contribution in [-0.2, 0) is 28.1 Å². The molecule has 1 aliphatic rings. The van der Waals surface area contributed by atoms with E-state index in [9.17, 15) is 9.59 Å². The number of benzene rings is 2. The summed E-state index contributed by atoms with van der Waals surface area (Å²) in [6.07, 6.45) is 0.155. The van der Waals surface area contributed by atoms with Gasteiger partial charge in [0, 0.05) is 57.1 Å². The molecule has 0 atom stereocenters. The Morgan fingerprint density at radius 3 is 2.39 bits per heavy atom. The summed E-state index contributed by atoms with van der Waals surface area (Å²) < 4.78 is 17.2. The summed E-state index contributed by atoms with van der Waals surface area (Å²) >= 11 is 0. The van der Waals surface area contributed by atoms with Gasteiger partial charge in [0.15, 0.2) is 5.78 Å². The number of hydrogen-bond donors (Lipinski definition) is 2. The number of nitrogens with one attached hydrogen (secondary N) is 2. The highest BCUT2D eigenvalue weighted by Gasteiger charge is 2.31. The molecule has 2 aromatic rings. The minimum atomic E-state index is -0.681. The Bertz CT molecular complexity index is 1210. The van der Waals surface area contributed by atoms with Gasteiger partial charge in [-0.2, -0.15) is 0 Å². The van der Waals surface area contributed by atoms with E-state index < -0.39 is 5.60 Å². The predicted molar refractivity (Wildman–Crippen MR) is 155 cm³/mol. The molecule has 2 aromatic carbocycles. The zero-order chi connectivity index (χ0) is 27.5. The average molecular weight is 592 g/mol. The number of likely N-dealkylation sites (N-methyl/N-ethyl adjacent to an activating group) is 1. The number of Topliss-reactive ketones (excluding diaryl/α,β-unsaturated/α-hetero) is 1. The van der Waals surface area contributed by atoms with E-state index in [0.717, 1.165) is 22.4 Å². The number of carbonyl (C=O) groups excluding carboxylic acids is 2. The second-order valence-electron chi connectivity index (χ2n) is 9.71. The molecule has 9 nitrogen and oxygen atoms in total. The van der Waals surface area contributed by atoms with Crippen LogP contribution in [0.2, 0.25) is 0 Å². The second kappa shape index (κ2) is 12.6. The molecule has 0 unspecified atom stereocenters. The van der Waals surface area contributed by atoms with Crippen molar-refractivity contribution in [3.8, 4) is 11.5 Å². The molecule has 0 saturated carbocycles. The summed E-state index contributed by atoms with van der Waals surface area (Å²) in [5.74, 6) is 1.28. The molecule has 2 N–H and O–H groups in total. The number of rotatable bonds is 11. The topological polar surface area (TPSA) is 104 Å². The monoisotopic (exact) mass is 590 g/mol. The van der Waals surface area contributed by atoms with Gasteiger partial charge in [-0.3, -0.25) is 15.0 Å². The molecule has 0 aromatic heterocycles. The summed E-state index contributed by atoms with van der Waals surface area (Å²) in [4.78, 5) is 29.2. The van der Waals surface area contributed by atoms with Crippen LogP contribution in [0.15, 0.2) is 24.3 Å². The standard InChI is InChI=1S/C28H38N4O5.BrH/c1-9-37-24-13-19-15-32(27(29)20(19)10-18(24)14-25(34)30-4)16-23(33)17-11-21(28(2,3)36-8)26(35-7)22(12-17)31(5)6;/h10-13,29H,9,14-16H2,1-8H3,(H,30,34);1H. The Kier molecular flexibility index (Phi) is 10.3. The smallest absolute Gasteiger partial charge is 0.224 e. The Morgan fingerprint density at radius 1 is 1.16 bits per heavy atom. The van der Waals surface area contributed by atoms with Crippen molar-refractivity contribution >= 4 is 40.2 Å². The Hall–Kier alpha value is -3.11. The van der Waals surface area contributed by atoms with Gasteiger partial charge in [0.05, 0.1) is 38.0 Å². The Balaban J connectivity index is 0.00000507. The lowest BCUT2D eigenvalue weighted by atomic mass is 9.92. The van der Waals surface area contributed by atoms with Crippen LogP contribution < -0.4 is 19.7 Å². The molecule has 0 spiro atoms. The Labute approximate surface area is 235 Å². The van der Waals surface area contributed by atoms with E-state index in [4.69, 9.17) is 19.6 Å². The molecule has 3 rings (SSSR count). The molecule has 10 heteroatoms. The number of halogens is 1. The maximum absolute atomic E-state index is 13.5. The molecule has 0 fully saturated rings. The molecular weight excluding hydrogens is 552 g/mol. The van der Waals surface area contributed by atoms with Gasteiger partial charge < -0.3 is 29.3 Å². The molecule has 1 heterocycles. The quantitative estimate of drug-likeness (QED) is 0.382. The second-order valence-corrected chi connectivity index (χ2v) is 9.71. The van der Waals surface area contributed by atoms with E-state index >= 15 is 0 Å². The van der Waals surface area contributed by atoms with Crippen molar-refractivity contribution < 1.29 is 23.8 Å². The van der Waals surface area contributed by atoms with Gasteiger partial charge in [0.25, 0.3) is 0 Å². The van der Waals surface area contributed by atoms with Crippen LogP contribution in [0.1, 0.15) is 53.4 Å². The minimum Gasteiger partial charge on any atom is -0.494 e. The van der Waals surface area contributed by atoms with E-state index in [0.29, 0.717) is 35.8 Å². The lowest BCUT2D eigenvalue weighted by Crippen LogP contribution is -2.31. The number of amides is 1. The predicted octanol–water partition coefficient (Wildman–Crippen LogP) is 3.93. The highest BCUT2D eigenvalue weighted by molar-refractivity contribution is 8.93. The van der Waals surface area contributed by atoms with Gasteiger partial charge >= 0.3 is 0 Å². The summed E-state index contributed by atoms with van der Waals surface area (Å²) in [5, 5.41) is 11.4. The number of ether oxygens (including phenoxy) is 3. The van der Waals surface area contributed by atoms with Gasteiger partial charge in [0.2, 0.25) is 5.91 Å². The fourth-order valence-corrected chi connectivity index (χ4v) is 4.44. The van der Waals surface area contributed by atoms with Crippen LogP contribution in [0.3, 0.4) is 0 Å². The number of ketones is 1. The first-order valence-corrected chi connectivity index (χ1v) is 12.3. The van der Waals surface area contributed by atoms with Gasteiger partial charge in [-0.25, -0.2) is 0 Å². The SMILES string of the molecule is Br.CCOc1cc2c(cc1CC(=O)NC)C(=N)N(CC(=O)c1cc(N(C)C)c(OC)c(C(C)(C)OC)c1)C2. The number of amidine groups is 1. The lowest BCUT2D eigenvalue weighted by Gasteiger charge is -2.29. The summed E-state index contributed by atoms with van der Waals surface area (Å²) in [6.45, 7) is 6.65. The van der Waals surface area contributed by atoms with Crippen molar-refractivity contribution in [3.63, 3.8) is 0 Å². The molecule has 0 bridgehead atoms. The third kappa shape index (κ3) is 6.30. The van der Waals surface area contributed by atoms with Crippen LogP contribution in [0.4, 0.5) is 5.69 Å². The first kappa shape index (κ1) is 31.1. The number of carbonyl (C=O) groups is 2. The zero-order valence-corrected chi connectivity index (χ0v) is 25.2. The van der Waals surface area contributed by atoms with Gasteiger partial charge in [-0.15, -0.1) is 17.0 Å². The van der Waals surface area contributed by atoms with Crippen LogP contribution in [0, 0.1) is 5.41 Å². The highest BCUT2D eigenvalue weighted by atomic mass is 79.9. The highest BCUT2D eigenvalue weighted by Crippen LogP contribution is 2.40. The van der Waals surface area contributed by atoms with Crippen LogP contribution >= 0.6 is 17.0 Å². The number of anilines is 1. The fourth-order valence-electron chi connectivity index (χ4n) is 4.44. The largest absolute Gasteiger partial charge is 0.494 e. The van der Waals surface area contributed by atoms with Crippen molar-refractivity contribution in [3.05, 3.63) is 52.1 Å². The Morgan fingerprint density at radius 2 is 1.84 bits per heavy atom. The molecule has 0 aliphatic carbocycles. The summed E-state index contributed by atoms with van der Waals surface area (Å²) in [7, 11) is 8.62. The number of nitrogens with zero attached hydrogens (tertiary/aromatic N) is 2. The van der Waals surface area contributed by atoms with Crippen molar-refractivity contribution in [1.29, 1.82) is 5.41 Å². The maximum Gasteiger partial charge on any atom is 0.224 e. The van der Waals surface area contributed by atoms with E-state index in [2.05, 4.69) is 5.32 Å². The molecule has 38 heavy (non-hydrogen) atoms. The summed E-state index contributed by atoms with van der Waals surface area (Å²) in [5.41, 5.74) is 3.70. The van der Waals surface area contributed by atoms with Crippen LogP contribution in [0.25, 0.3) is 0 Å². The first-order chi connectivity index (χ1) is 17.5. The molecule has 208 valence electrons. The molecule has 1 amide bonds. The molecule has 1 aliphatic heterocycles. The van der Waals surface area contributed by atoms with Gasteiger partial charge in [0.1, 0.15) is 17.3 Å². The normalized spacial score (nSPS) is 12.5. The number of methoxy groups -OCH3 is 2. The van der Waals surface area contributed by atoms with Crippen LogP contribution in [-0.4, -0.2) is 70.9 Å². The first-order valence-electron chi connectivity index (χ1n) is 12.3. The van der Waals surface area contributed by atoms with Crippen molar-refractivity contribution in [1.82, 2.24) is 10.2 Å². The molecule has 0 radical (unpaired) electrons. The van der Waals surface area contributed by atoms with Crippen LogP contribution in [0.5, 0.6) is 11.5 Å².